The third kappa shape index (κ3) is 5.92. The van der Waals surface area contributed by atoms with E-state index >= 15 is 0 Å². The molecule has 2 N–H and O–H groups in total. The van der Waals surface area contributed by atoms with Gasteiger partial charge in [0.05, 0.1) is 25.1 Å². The number of hydrogen-bond acceptors (Lipinski definition) is 5. The predicted octanol–water partition coefficient (Wildman–Crippen LogP) is 1.73. The Hall–Kier alpha value is -2.67. The molecule has 2 atom stereocenters. The maximum absolute atomic E-state index is 13.1. The van der Waals surface area contributed by atoms with Crippen LogP contribution in [0, 0.1) is 5.92 Å². The summed E-state index contributed by atoms with van der Waals surface area (Å²) < 4.78 is 5.10. The van der Waals surface area contributed by atoms with Crippen molar-refractivity contribution in [1.29, 1.82) is 0 Å². The van der Waals surface area contributed by atoms with Crippen LogP contribution < -0.4 is 5.32 Å². The number of aliphatic hydroxyl groups is 1. The summed E-state index contributed by atoms with van der Waals surface area (Å²) in [7, 11) is 0. The third-order valence-corrected chi connectivity index (χ3v) is 5.68. The van der Waals surface area contributed by atoms with Crippen molar-refractivity contribution in [2.45, 2.75) is 51.1 Å². The molecule has 2 heterocycles. The summed E-state index contributed by atoms with van der Waals surface area (Å²) in [5, 5.41) is 12.6. The van der Waals surface area contributed by atoms with Crippen LogP contribution in [0.3, 0.4) is 0 Å². The van der Waals surface area contributed by atoms with Crippen molar-refractivity contribution >= 4 is 17.8 Å². The van der Waals surface area contributed by atoms with Crippen LogP contribution in [0.2, 0.25) is 0 Å². The average Bonchev–Trinajstić information content (AvgIpc) is 2.77. The van der Waals surface area contributed by atoms with Crippen LogP contribution in [-0.2, 0) is 32.1 Å². The highest BCUT2D eigenvalue weighted by Crippen LogP contribution is 2.25. The van der Waals surface area contributed by atoms with Gasteiger partial charge in [-0.25, -0.2) is 0 Å². The van der Waals surface area contributed by atoms with Crippen LogP contribution in [0.25, 0.3) is 0 Å². The standard InChI is InChI=1S/C23H30N2O5/c26-16-20-13-17-7-5-6-9-19(17)15-25(20)21(27)14-18-8-3-1-2-4-10-22(28)30-12-11-24-23(18)29/h1,3,5-7,9,18,20,26H,2,4,8,10-16H2,(H,24,29)/t18-,20+/m1/s1. The Morgan fingerprint density at radius 3 is 2.80 bits per heavy atom. The molecule has 0 spiro atoms. The highest BCUT2D eigenvalue weighted by atomic mass is 16.5. The van der Waals surface area contributed by atoms with Crippen LogP contribution in [0.4, 0.5) is 0 Å². The molecule has 1 aromatic carbocycles. The second kappa shape index (κ2) is 10.9. The minimum absolute atomic E-state index is 0.0780. The number of amides is 2. The number of nitrogens with one attached hydrogen (secondary N) is 1. The molecule has 7 nitrogen and oxygen atoms in total. The molecule has 2 amide bonds. The topological polar surface area (TPSA) is 95.9 Å². The fourth-order valence-corrected chi connectivity index (χ4v) is 3.95. The van der Waals surface area contributed by atoms with Crippen LogP contribution in [-0.4, -0.2) is 53.6 Å². The summed E-state index contributed by atoms with van der Waals surface area (Å²) in [5.74, 6) is -1.11. The van der Waals surface area contributed by atoms with Crippen LogP contribution in [0.1, 0.15) is 43.2 Å². The van der Waals surface area contributed by atoms with Crippen LogP contribution >= 0.6 is 0 Å². The lowest BCUT2D eigenvalue weighted by molar-refractivity contribution is -0.144. The SMILES string of the molecule is O=C1CCCC=CC[C@H](CC(=O)N2Cc3ccccc3C[C@H]2CO)C(=O)NCCO1. The molecule has 0 saturated carbocycles. The van der Waals surface area contributed by atoms with E-state index in [1.54, 1.807) is 4.90 Å². The van der Waals surface area contributed by atoms with Gasteiger partial charge in [-0.1, -0.05) is 36.4 Å². The summed E-state index contributed by atoms with van der Waals surface area (Å²) in [6.07, 6.45) is 6.80. The van der Waals surface area contributed by atoms with Crippen molar-refractivity contribution in [2.75, 3.05) is 19.8 Å². The molecule has 0 saturated heterocycles. The molecule has 7 heteroatoms. The number of hydrogen-bond donors (Lipinski definition) is 2. The van der Waals surface area contributed by atoms with Gasteiger partial charge in [0.25, 0.3) is 0 Å². The molecule has 162 valence electrons. The van der Waals surface area contributed by atoms with E-state index < -0.39 is 5.92 Å². The zero-order valence-corrected chi connectivity index (χ0v) is 17.2. The Balaban J connectivity index is 1.67. The van der Waals surface area contributed by atoms with Crippen LogP contribution in [0.15, 0.2) is 36.4 Å². The van der Waals surface area contributed by atoms with E-state index in [1.807, 2.05) is 36.4 Å². The molecular formula is C23H30N2O5. The van der Waals surface area contributed by atoms with Gasteiger partial charge >= 0.3 is 5.97 Å². The minimum atomic E-state index is -0.498. The van der Waals surface area contributed by atoms with Crippen molar-refractivity contribution in [2.24, 2.45) is 5.92 Å². The monoisotopic (exact) mass is 414 g/mol. The second-order valence-corrected chi connectivity index (χ2v) is 7.84. The number of allylic oxidation sites excluding steroid dienone is 2. The van der Waals surface area contributed by atoms with Gasteiger partial charge in [-0.3, -0.25) is 14.4 Å². The minimum Gasteiger partial charge on any atom is -0.464 e. The van der Waals surface area contributed by atoms with Crippen LogP contribution in [0.5, 0.6) is 0 Å². The van der Waals surface area contributed by atoms with E-state index in [-0.39, 0.29) is 50.0 Å². The fraction of sp³-hybridized carbons (Fsp3) is 0.522. The van der Waals surface area contributed by atoms with Gasteiger partial charge in [0.2, 0.25) is 11.8 Å². The number of rotatable bonds is 3. The maximum atomic E-state index is 13.1. The lowest BCUT2D eigenvalue weighted by atomic mass is 9.92. The van der Waals surface area contributed by atoms with E-state index in [4.69, 9.17) is 4.74 Å². The molecule has 0 unspecified atom stereocenters. The Labute approximate surface area is 177 Å². The number of esters is 1. The number of carbonyl (C=O) groups is 3. The van der Waals surface area contributed by atoms with Crippen molar-refractivity contribution in [3.8, 4) is 0 Å². The average molecular weight is 415 g/mol. The first-order chi connectivity index (χ1) is 14.6. The Morgan fingerprint density at radius 1 is 1.20 bits per heavy atom. The van der Waals surface area contributed by atoms with E-state index in [2.05, 4.69) is 5.32 Å². The summed E-state index contributed by atoms with van der Waals surface area (Å²) in [4.78, 5) is 39.0. The van der Waals surface area contributed by atoms with Gasteiger partial charge in [-0.05, 0) is 36.8 Å². The number of cyclic esters (lactones) is 1. The lowest BCUT2D eigenvalue weighted by Gasteiger charge is -2.36. The van der Waals surface area contributed by atoms with Gasteiger partial charge in [0.15, 0.2) is 0 Å². The van der Waals surface area contributed by atoms with Gasteiger partial charge < -0.3 is 20.1 Å². The number of fused-ring (bicyclic) bond motifs is 1. The normalized spacial score (nSPS) is 23.3. The first-order valence-corrected chi connectivity index (χ1v) is 10.6. The third-order valence-electron chi connectivity index (χ3n) is 5.68. The number of benzene rings is 1. The summed E-state index contributed by atoms with van der Waals surface area (Å²) in [6.45, 7) is 0.700. The van der Waals surface area contributed by atoms with Crippen molar-refractivity contribution < 1.29 is 24.2 Å². The van der Waals surface area contributed by atoms with E-state index in [9.17, 15) is 19.5 Å². The lowest BCUT2D eigenvalue weighted by Crippen LogP contribution is -2.47. The summed E-state index contributed by atoms with van der Waals surface area (Å²) in [5.41, 5.74) is 2.23. The summed E-state index contributed by atoms with van der Waals surface area (Å²) in [6, 6.07) is 7.66. The van der Waals surface area contributed by atoms with E-state index in [0.717, 1.165) is 17.5 Å². The molecule has 3 rings (SSSR count). The molecule has 0 fully saturated rings. The highest BCUT2D eigenvalue weighted by Gasteiger charge is 2.31. The van der Waals surface area contributed by atoms with Crippen molar-refractivity contribution in [3.63, 3.8) is 0 Å². The predicted molar refractivity (Wildman–Crippen MR) is 111 cm³/mol. The quantitative estimate of drug-likeness (QED) is 0.580. The zero-order valence-electron chi connectivity index (χ0n) is 17.2. The first kappa shape index (κ1) is 22.0. The Morgan fingerprint density at radius 2 is 2.00 bits per heavy atom. The highest BCUT2D eigenvalue weighted by molar-refractivity contribution is 5.86. The van der Waals surface area contributed by atoms with Gasteiger partial charge in [0, 0.05) is 19.4 Å². The molecule has 1 aromatic rings. The van der Waals surface area contributed by atoms with Crippen molar-refractivity contribution in [3.05, 3.63) is 47.5 Å². The molecule has 30 heavy (non-hydrogen) atoms. The fourth-order valence-electron chi connectivity index (χ4n) is 3.95. The zero-order chi connectivity index (χ0) is 21.3. The first-order valence-electron chi connectivity index (χ1n) is 10.6. The number of nitrogens with zero attached hydrogens (tertiary/aromatic N) is 1. The molecular weight excluding hydrogens is 384 g/mol. The molecule has 0 aromatic heterocycles. The van der Waals surface area contributed by atoms with Crippen molar-refractivity contribution in [1.82, 2.24) is 10.2 Å². The Kier molecular flexibility index (Phi) is 8.02. The molecule has 0 aliphatic carbocycles. The largest absolute Gasteiger partial charge is 0.464 e. The number of carbonyl (C=O) groups excluding carboxylic acids is 3. The number of aliphatic hydroxyl groups excluding tert-OH is 1. The second-order valence-electron chi connectivity index (χ2n) is 7.84. The molecule has 2 aliphatic rings. The van der Waals surface area contributed by atoms with Gasteiger partial charge in [-0.15, -0.1) is 0 Å². The molecule has 0 bridgehead atoms. The molecule has 2 aliphatic heterocycles. The van der Waals surface area contributed by atoms with Gasteiger partial charge in [-0.2, -0.15) is 0 Å². The smallest absolute Gasteiger partial charge is 0.305 e. The Bertz CT molecular complexity index is 792. The van der Waals surface area contributed by atoms with Gasteiger partial charge in [0.1, 0.15) is 6.61 Å². The van der Waals surface area contributed by atoms with E-state index in [0.29, 0.717) is 32.2 Å². The molecule has 0 radical (unpaired) electrons. The summed E-state index contributed by atoms with van der Waals surface area (Å²) >= 11 is 0. The number of ether oxygens (including phenoxy) is 1. The van der Waals surface area contributed by atoms with E-state index in [1.165, 1.54) is 0 Å². The maximum Gasteiger partial charge on any atom is 0.305 e.